The van der Waals surface area contributed by atoms with Gasteiger partial charge in [0.25, 0.3) is 0 Å². The maximum absolute atomic E-state index is 4.98. The number of halogens is 1. The average molecular weight is 448 g/mol. The summed E-state index contributed by atoms with van der Waals surface area (Å²) in [6, 6.07) is 23.4. The van der Waals surface area contributed by atoms with E-state index in [1.807, 2.05) is 24.3 Å². The summed E-state index contributed by atoms with van der Waals surface area (Å²) in [5.74, 6) is 0. The molecule has 0 aliphatic heterocycles. The maximum atomic E-state index is 4.98. The summed E-state index contributed by atoms with van der Waals surface area (Å²) in [6.45, 7) is 4.62. The lowest BCUT2D eigenvalue weighted by Crippen LogP contribution is -2.16. The van der Waals surface area contributed by atoms with Crippen LogP contribution in [0.5, 0.6) is 0 Å². The van der Waals surface area contributed by atoms with Crippen molar-refractivity contribution in [3.8, 4) is 22.4 Å². The summed E-state index contributed by atoms with van der Waals surface area (Å²) < 4.78 is 0.946. The number of aromatic nitrogens is 2. The molecule has 0 bridgehead atoms. The summed E-state index contributed by atoms with van der Waals surface area (Å²) >= 11 is 2.32. The van der Waals surface area contributed by atoms with Crippen LogP contribution in [0.15, 0.2) is 66.7 Å². The Morgan fingerprint density at radius 1 is 0.692 bits per heavy atom. The maximum Gasteiger partial charge on any atom is 0.128 e. The number of hydrogen-bond acceptors (Lipinski definition) is 2. The van der Waals surface area contributed by atoms with Gasteiger partial charge >= 0.3 is 0 Å². The number of rotatable bonds is 1. The van der Waals surface area contributed by atoms with Gasteiger partial charge in [-0.1, -0.05) is 68.4 Å². The first kappa shape index (κ1) is 15.9. The van der Waals surface area contributed by atoms with Crippen molar-refractivity contribution in [1.29, 1.82) is 0 Å². The monoisotopic (exact) mass is 448 g/mol. The molecule has 0 atom stereocenters. The highest BCUT2D eigenvalue weighted by atomic mass is 127. The molecule has 26 heavy (non-hydrogen) atoms. The van der Waals surface area contributed by atoms with E-state index in [0.717, 1.165) is 20.4 Å². The summed E-state index contributed by atoms with van der Waals surface area (Å²) in [7, 11) is 0. The van der Waals surface area contributed by atoms with E-state index in [1.54, 1.807) is 0 Å². The molecule has 0 spiro atoms. The largest absolute Gasteiger partial charge is 0.243 e. The molecule has 0 N–H and O–H groups in total. The molecule has 1 aliphatic rings. The molecule has 3 aromatic carbocycles. The van der Waals surface area contributed by atoms with Crippen LogP contribution in [0.3, 0.4) is 0 Å². The van der Waals surface area contributed by atoms with Gasteiger partial charge in [0, 0.05) is 11.0 Å². The quantitative estimate of drug-likeness (QED) is 0.324. The zero-order chi connectivity index (χ0) is 17.9. The molecule has 1 heterocycles. The van der Waals surface area contributed by atoms with Gasteiger partial charge in [-0.05, 0) is 57.0 Å². The Hall–Kier alpha value is -2.27. The predicted octanol–water partition coefficient (Wildman–Crippen LogP) is 6.21. The van der Waals surface area contributed by atoms with E-state index >= 15 is 0 Å². The molecule has 0 unspecified atom stereocenters. The number of fused-ring (bicyclic) bond motifs is 4. The first-order chi connectivity index (χ1) is 12.6. The Balaban J connectivity index is 1.83. The van der Waals surface area contributed by atoms with E-state index in [2.05, 4.69) is 78.9 Å². The number of hydrogen-bond donors (Lipinski definition) is 0. The zero-order valence-electron chi connectivity index (χ0n) is 14.6. The second-order valence-corrected chi connectivity index (χ2v) is 8.27. The Bertz CT molecular complexity index is 1180. The van der Waals surface area contributed by atoms with Crippen molar-refractivity contribution in [1.82, 2.24) is 9.97 Å². The lowest BCUT2D eigenvalue weighted by molar-refractivity contribution is 0.661. The summed E-state index contributed by atoms with van der Waals surface area (Å²) in [4.78, 5) is 9.78. The van der Waals surface area contributed by atoms with Crippen molar-refractivity contribution in [3.05, 3.63) is 81.6 Å². The molecule has 1 aliphatic carbocycles. The third kappa shape index (κ3) is 2.16. The third-order valence-corrected chi connectivity index (χ3v) is 6.12. The molecule has 0 amide bonds. The molecular formula is C23H17IN2. The Kier molecular flexibility index (Phi) is 3.44. The van der Waals surface area contributed by atoms with Gasteiger partial charge in [0.2, 0.25) is 0 Å². The van der Waals surface area contributed by atoms with Gasteiger partial charge in [0.05, 0.1) is 11.0 Å². The predicted molar refractivity (Wildman–Crippen MR) is 115 cm³/mol. The van der Waals surface area contributed by atoms with Gasteiger partial charge in [-0.15, -0.1) is 0 Å². The fourth-order valence-electron chi connectivity index (χ4n) is 4.19. The normalized spacial score (nSPS) is 14.3. The van der Waals surface area contributed by atoms with Gasteiger partial charge in [-0.2, -0.15) is 0 Å². The van der Waals surface area contributed by atoms with Crippen molar-refractivity contribution in [2.24, 2.45) is 0 Å². The highest BCUT2D eigenvalue weighted by Gasteiger charge is 2.37. The summed E-state index contributed by atoms with van der Waals surface area (Å²) in [5.41, 5.74) is 9.36. The fraction of sp³-hybridized carbons (Fsp3) is 0.130. The first-order valence-electron chi connectivity index (χ1n) is 8.73. The number of nitrogens with zero attached hydrogens (tertiary/aromatic N) is 2. The van der Waals surface area contributed by atoms with Gasteiger partial charge in [0.1, 0.15) is 9.39 Å². The molecule has 0 saturated heterocycles. The first-order valence-corrected chi connectivity index (χ1v) is 9.81. The molecule has 0 saturated carbocycles. The van der Waals surface area contributed by atoms with Crippen molar-refractivity contribution in [2.75, 3.05) is 0 Å². The van der Waals surface area contributed by atoms with E-state index in [1.165, 1.54) is 27.8 Å². The molecule has 5 rings (SSSR count). The van der Waals surface area contributed by atoms with Crippen molar-refractivity contribution in [3.63, 3.8) is 0 Å². The molecule has 3 heteroatoms. The van der Waals surface area contributed by atoms with Crippen LogP contribution in [-0.2, 0) is 5.41 Å². The third-order valence-electron chi connectivity index (χ3n) is 5.36. The van der Waals surface area contributed by atoms with E-state index in [-0.39, 0.29) is 5.41 Å². The Labute approximate surface area is 166 Å². The van der Waals surface area contributed by atoms with Crippen molar-refractivity contribution >= 4 is 33.6 Å². The van der Waals surface area contributed by atoms with Crippen LogP contribution in [0, 0.1) is 3.70 Å². The van der Waals surface area contributed by atoms with E-state index in [9.17, 15) is 0 Å². The molecule has 0 fully saturated rings. The van der Waals surface area contributed by atoms with Gasteiger partial charge in [0.15, 0.2) is 0 Å². The number of benzene rings is 3. The lowest BCUT2D eigenvalue weighted by Gasteiger charge is -2.24. The smallest absolute Gasteiger partial charge is 0.128 e. The molecular weight excluding hydrogens is 431 g/mol. The van der Waals surface area contributed by atoms with Crippen LogP contribution < -0.4 is 0 Å². The molecule has 126 valence electrons. The van der Waals surface area contributed by atoms with Crippen LogP contribution in [-0.4, -0.2) is 9.97 Å². The molecule has 0 radical (unpaired) electrons. The zero-order valence-corrected chi connectivity index (χ0v) is 16.8. The minimum absolute atomic E-state index is 0.0566. The van der Waals surface area contributed by atoms with Crippen LogP contribution in [0.1, 0.15) is 25.0 Å². The minimum atomic E-state index is -0.0566. The average Bonchev–Trinajstić information content (AvgIpc) is 2.89. The second kappa shape index (κ2) is 5.61. The van der Waals surface area contributed by atoms with Crippen LogP contribution in [0.4, 0.5) is 0 Å². The lowest BCUT2D eigenvalue weighted by atomic mass is 9.79. The van der Waals surface area contributed by atoms with Crippen molar-refractivity contribution < 1.29 is 0 Å². The molecule has 2 nitrogen and oxygen atoms in total. The van der Waals surface area contributed by atoms with Crippen molar-refractivity contribution in [2.45, 2.75) is 19.3 Å². The fourth-order valence-corrected chi connectivity index (χ4v) is 4.87. The Morgan fingerprint density at radius 2 is 1.31 bits per heavy atom. The number of para-hydroxylation sites is 2. The van der Waals surface area contributed by atoms with Gasteiger partial charge < -0.3 is 0 Å². The van der Waals surface area contributed by atoms with E-state index in [4.69, 9.17) is 9.97 Å². The second-order valence-electron chi connectivity index (χ2n) is 7.25. The highest BCUT2D eigenvalue weighted by molar-refractivity contribution is 14.1. The summed E-state index contributed by atoms with van der Waals surface area (Å²) in [6.07, 6.45) is 0. The highest BCUT2D eigenvalue weighted by Crippen LogP contribution is 2.52. The van der Waals surface area contributed by atoms with Gasteiger partial charge in [-0.25, -0.2) is 9.97 Å². The summed E-state index contributed by atoms with van der Waals surface area (Å²) in [5, 5.41) is 0. The van der Waals surface area contributed by atoms with Crippen LogP contribution >= 0.6 is 22.6 Å². The van der Waals surface area contributed by atoms with Gasteiger partial charge in [-0.3, -0.25) is 0 Å². The standard InChI is InChI=1S/C23H17IN2/c1-23(2)17-11-4-3-8-14(17)15-9-7-10-16(20(15)23)21-22(24)26-19-13-6-5-12-18(19)25-21/h3-13H,1-2H3. The van der Waals surface area contributed by atoms with E-state index in [0.29, 0.717) is 0 Å². The van der Waals surface area contributed by atoms with E-state index < -0.39 is 0 Å². The minimum Gasteiger partial charge on any atom is -0.243 e. The Morgan fingerprint density at radius 3 is 2.12 bits per heavy atom. The molecule has 4 aromatic rings. The molecule has 1 aromatic heterocycles. The SMILES string of the molecule is CC1(C)c2ccccc2-c2cccc(-c3nc4ccccc4nc3I)c21. The van der Waals surface area contributed by atoms with Crippen LogP contribution in [0.2, 0.25) is 0 Å². The topological polar surface area (TPSA) is 25.8 Å². The van der Waals surface area contributed by atoms with Crippen LogP contribution in [0.25, 0.3) is 33.4 Å².